The van der Waals surface area contributed by atoms with Crippen LogP contribution in [0.5, 0.6) is 0 Å². The van der Waals surface area contributed by atoms with Crippen molar-refractivity contribution in [2.45, 2.75) is 31.7 Å². The minimum atomic E-state index is -0.673. The zero-order valence-corrected chi connectivity index (χ0v) is 15.1. The first kappa shape index (κ1) is 17.6. The van der Waals surface area contributed by atoms with Crippen LogP contribution in [0.2, 0.25) is 0 Å². The lowest BCUT2D eigenvalue weighted by Gasteiger charge is -2.19. The van der Waals surface area contributed by atoms with E-state index in [0.29, 0.717) is 16.7 Å². The van der Waals surface area contributed by atoms with Crippen LogP contribution < -0.4 is 16.0 Å². The fraction of sp³-hybridized carbons (Fsp3) is 0.500. The van der Waals surface area contributed by atoms with Crippen LogP contribution in [0, 0.1) is 0 Å². The normalized spacial score (nSPS) is 16.4. The van der Waals surface area contributed by atoms with E-state index in [-0.39, 0.29) is 11.8 Å². The van der Waals surface area contributed by atoms with Gasteiger partial charge < -0.3 is 10.6 Å². The maximum absolute atomic E-state index is 12.3. The number of aryl methyl sites for hydroxylation is 1. The highest BCUT2D eigenvalue weighted by Crippen LogP contribution is 2.23. The Morgan fingerprint density at radius 2 is 2.16 bits per heavy atom. The molecule has 1 saturated heterocycles. The Labute approximate surface area is 150 Å². The van der Waals surface area contributed by atoms with Crippen molar-refractivity contribution in [3.8, 4) is 0 Å². The predicted octanol–water partition coefficient (Wildman–Crippen LogP) is 1.10. The summed E-state index contributed by atoms with van der Waals surface area (Å²) in [5.74, 6) is 0.891. The molecule has 2 aromatic rings. The second-order valence-electron chi connectivity index (χ2n) is 6.10. The summed E-state index contributed by atoms with van der Waals surface area (Å²) < 4.78 is 1.57. The van der Waals surface area contributed by atoms with E-state index in [9.17, 15) is 9.59 Å². The second-order valence-corrected chi connectivity index (χ2v) is 7.05. The Hall–Kier alpha value is -2.26. The first-order valence-electron chi connectivity index (χ1n) is 8.31. The van der Waals surface area contributed by atoms with Crippen molar-refractivity contribution in [3.63, 3.8) is 0 Å². The van der Waals surface area contributed by atoms with Gasteiger partial charge in [0.05, 0.1) is 4.88 Å². The zero-order chi connectivity index (χ0) is 17.8. The van der Waals surface area contributed by atoms with Gasteiger partial charge in [0.1, 0.15) is 6.04 Å². The Morgan fingerprint density at radius 3 is 2.84 bits per heavy atom. The third-order valence-corrected chi connectivity index (χ3v) is 5.07. The van der Waals surface area contributed by atoms with E-state index in [1.807, 2.05) is 5.38 Å². The smallest absolute Gasteiger partial charge is 0.261 e. The van der Waals surface area contributed by atoms with Gasteiger partial charge in [-0.2, -0.15) is 10.1 Å². The van der Waals surface area contributed by atoms with Crippen molar-refractivity contribution >= 4 is 29.1 Å². The van der Waals surface area contributed by atoms with Gasteiger partial charge in [-0.05, 0) is 44.3 Å². The van der Waals surface area contributed by atoms with Crippen molar-refractivity contribution in [1.82, 2.24) is 25.4 Å². The summed E-state index contributed by atoms with van der Waals surface area (Å²) in [6.07, 6.45) is 1.98. The van der Waals surface area contributed by atoms with E-state index in [0.717, 1.165) is 31.8 Å². The number of nitrogens with zero attached hydrogens (tertiary/aromatic N) is 3. The van der Waals surface area contributed by atoms with Crippen molar-refractivity contribution in [3.05, 3.63) is 28.2 Å². The number of amides is 2. The maximum Gasteiger partial charge on any atom is 0.261 e. The lowest BCUT2D eigenvalue weighted by atomic mass is 9.98. The Kier molecular flexibility index (Phi) is 5.44. The lowest BCUT2D eigenvalue weighted by molar-refractivity contribution is -0.117. The lowest BCUT2D eigenvalue weighted by Crippen LogP contribution is -2.41. The fourth-order valence-electron chi connectivity index (χ4n) is 2.73. The average Bonchev–Trinajstić information content (AvgIpc) is 3.26. The van der Waals surface area contributed by atoms with Crippen LogP contribution in [0.4, 0.5) is 5.95 Å². The van der Waals surface area contributed by atoms with Gasteiger partial charge in [-0.3, -0.25) is 14.9 Å². The molecular formula is C16H22N6O2S. The zero-order valence-electron chi connectivity index (χ0n) is 14.3. The quantitative estimate of drug-likeness (QED) is 0.739. The summed E-state index contributed by atoms with van der Waals surface area (Å²) in [4.78, 5) is 29.4. The molecular weight excluding hydrogens is 340 g/mol. The van der Waals surface area contributed by atoms with Crippen LogP contribution in [-0.2, 0) is 11.8 Å². The Morgan fingerprint density at radius 1 is 1.40 bits per heavy atom. The fourth-order valence-corrected chi connectivity index (χ4v) is 3.35. The number of thiophene rings is 1. The number of piperidine rings is 1. The predicted molar refractivity (Wildman–Crippen MR) is 95.7 cm³/mol. The Bertz CT molecular complexity index is 736. The number of carbonyl (C=O) groups is 2. The van der Waals surface area contributed by atoms with Crippen LogP contribution in [0.25, 0.3) is 0 Å². The summed E-state index contributed by atoms with van der Waals surface area (Å²) in [7, 11) is 1.75. The van der Waals surface area contributed by atoms with Gasteiger partial charge in [0.15, 0.2) is 5.82 Å². The molecule has 134 valence electrons. The van der Waals surface area contributed by atoms with Crippen LogP contribution in [-0.4, -0.2) is 45.7 Å². The molecule has 0 aromatic carbocycles. The molecule has 0 saturated carbocycles. The van der Waals surface area contributed by atoms with Gasteiger partial charge in [-0.1, -0.05) is 6.07 Å². The second kappa shape index (κ2) is 7.75. The molecule has 0 radical (unpaired) electrons. The van der Waals surface area contributed by atoms with Crippen LogP contribution in [0.15, 0.2) is 17.5 Å². The molecule has 1 aliphatic heterocycles. The molecule has 0 spiro atoms. The standard InChI is InChI=1S/C16H22N6O2S/c1-10(18-15(24)12-4-3-9-25-12)14(23)20-16-19-13(21-22(16)2)11-5-7-17-8-6-11/h3-4,9-11,17H,5-8H2,1-2H3,(H,18,24)(H,19,20,21,23). The number of rotatable bonds is 5. The van der Waals surface area contributed by atoms with Crippen molar-refractivity contribution in [2.75, 3.05) is 18.4 Å². The van der Waals surface area contributed by atoms with Crippen molar-refractivity contribution in [1.29, 1.82) is 0 Å². The highest BCUT2D eigenvalue weighted by atomic mass is 32.1. The maximum atomic E-state index is 12.3. The summed E-state index contributed by atoms with van der Waals surface area (Å²) in [6, 6.07) is 2.85. The van der Waals surface area contributed by atoms with Crippen LogP contribution in [0.3, 0.4) is 0 Å². The molecule has 3 heterocycles. The molecule has 3 N–H and O–H groups in total. The van der Waals surface area contributed by atoms with Gasteiger partial charge in [0.25, 0.3) is 5.91 Å². The molecule has 9 heteroatoms. The third kappa shape index (κ3) is 4.23. The summed E-state index contributed by atoms with van der Waals surface area (Å²) >= 11 is 1.33. The number of hydrogen-bond donors (Lipinski definition) is 3. The average molecular weight is 362 g/mol. The monoisotopic (exact) mass is 362 g/mol. The molecule has 0 bridgehead atoms. The van der Waals surface area contributed by atoms with Gasteiger partial charge in [-0.15, -0.1) is 11.3 Å². The minimum absolute atomic E-state index is 0.258. The summed E-state index contributed by atoms with van der Waals surface area (Å²) in [5, 5.41) is 15.0. The van der Waals surface area contributed by atoms with Gasteiger partial charge in [0, 0.05) is 13.0 Å². The summed E-state index contributed by atoms with van der Waals surface area (Å²) in [6.45, 7) is 3.55. The molecule has 25 heavy (non-hydrogen) atoms. The number of carbonyl (C=O) groups excluding carboxylic acids is 2. The Balaban J connectivity index is 1.60. The molecule has 0 aliphatic carbocycles. The van der Waals surface area contributed by atoms with E-state index in [4.69, 9.17) is 0 Å². The third-order valence-electron chi connectivity index (χ3n) is 4.20. The molecule has 2 aromatic heterocycles. The van der Waals surface area contributed by atoms with E-state index in [1.54, 1.807) is 30.8 Å². The topological polar surface area (TPSA) is 101 Å². The number of nitrogens with one attached hydrogen (secondary N) is 3. The molecule has 1 unspecified atom stereocenters. The number of anilines is 1. The molecule has 1 fully saturated rings. The molecule has 3 rings (SSSR count). The molecule has 2 amide bonds. The largest absolute Gasteiger partial charge is 0.340 e. The van der Waals surface area contributed by atoms with Gasteiger partial charge in [0.2, 0.25) is 11.9 Å². The van der Waals surface area contributed by atoms with Crippen LogP contribution >= 0.6 is 11.3 Å². The van der Waals surface area contributed by atoms with E-state index >= 15 is 0 Å². The van der Waals surface area contributed by atoms with E-state index in [2.05, 4.69) is 26.0 Å². The highest BCUT2D eigenvalue weighted by molar-refractivity contribution is 7.12. The molecule has 1 aliphatic rings. The first-order chi connectivity index (χ1) is 12.0. The van der Waals surface area contributed by atoms with E-state index < -0.39 is 6.04 Å². The van der Waals surface area contributed by atoms with E-state index in [1.165, 1.54) is 11.3 Å². The number of aromatic nitrogens is 3. The minimum Gasteiger partial charge on any atom is -0.340 e. The SMILES string of the molecule is CC(NC(=O)c1cccs1)C(=O)Nc1nc(C2CCNCC2)nn1C. The van der Waals surface area contributed by atoms with Crippen molar-refractivity contribution < 1.29 is 9.59 Å². The van der Waals surface area contributed by atoms with Crippen molar-refractivity contribution in [2.24, 2.45) is 7.05 Å². The van der Waals surface area contributed by atoms with Crippen LogP contribution in [0.1, 0.15) is 41.2 Å². The van der Waals surface area contributed by atoms with Gasteiger partial charge in [-0.25, -0.2) is 4.68 Å². The van der Waals surface area contributed by atoms with Gasteiger partial charge >= 0.3 is 0 Å². The first-order valence-corrected chi connectivity index (χ1v) is 9.19. The number of hydrogen-bond acceptors (Lipinski definition) is 6. The molecule has 8 nitrogen and oxygen atoms in total. The molecule has 1 atom stereocenters. The summed E-state index contributed by atoms with van der Waals surface area (Å²) in [5.41, 5.74) is 0. The highest BCUT2D eigenvalue weighted by Gasteiger charge is 2.23.